The van der Waals surface area contributed by atoms with Crippen LogP contribution in [0.4, 0.5) is 27.5 Å². The van der Waals surface area contributed by atoms with Gasteiger partial charge < -0.3 is 19.3 Å². The highest BCUT2D eigenvalue weighted by Gasteiger charge is 2.43. The molecule has 5 aromatic rings. The predicted molar refractivity (Wildman–Crippen MR) is 194 cm³/mol. The zero-order valence-electron chi connectivity index (χ0n) is 28.8. The summed E-state index contributed by atoms with van der Waals surface area (Å²) in [6.07, 6.45) is -0.801. The summed E-state index contributed by atoms with van der Waals surface area (Å²) in [5.74, 6) is -1.99. The standard InChI is InChI=1S/C38H39N5O6S/c1-24(2)41(25-15-17-27(48-6)18-16-25)34(44)22-40-32-13-9-10-14-33(32)42(26-19-20-50-23-26)36(46)29(35(40)45)21-30-28-11-7-8-12-31(28)43(39-30)37(47)49-38(3,4)5/h7-20,23-24,29H,21-22H2,1-6H3. The number of carbonyl (C=O) groups excluding carboxylic acids is 4. The number of aromatic nitrogens is 2. The van der Waals surface area contributed by atoms with Crippen molar-refractivity contribution in [3.8, 4) is 5.75 Å². The number of thiophene rings is 1. The Morgan fingerprint density at radius 1 is 0.920 bits per heavy atom. The van der Waals surface area contributed by atoms with Crippen LogP contribution in [0, 0.1) is 5.92 Å². The van der Waals surface area contributed by atoms with E-state index in [1.54, 1.807) is 99.5 Å². The summed E-state index contributed by atoms with van der Waals surface area (Å²) in [5, 5.41) is 8.92. The van der Waals surface area contributed by atoms with E-state index in [4.69, 9.17) is 9.47 Å². The molecule has 0 saturated heterocycles. The maximum Gasteiger partial charge on any atom is 0.435 e. The molecule has 50 heavy (non-hydrogen) atoms. The van der Waals surface area contributed by atoms with Crippen LogP contribution < -0.4 is 19.4 Å². The molecule has 3 heterocycles. The third kappa shape index (κ3) is 6.71. The number of methoxy groups -OCH3 is 1. The molecule has 3 amide bonds. The molecule has 11 nitrogen and oxygen atoms in total. The van der Waals surface area contributed by atoms with Gasteiger partial charge >= 0.3 is 6.09 Å². The minimum Gasteiger partial charge on any atom is -0.497 e. The van der Waals surface area contributed by atoms with Crippen molar-refractivity contribution in [2.24, 2.45) is 5.92 Å². The van der Waals surface area contributed by atoms with Gasteiger partial charge in [-0.1, -0.05) is 30.3 Å². The first-order chi connectivity index (χ1) is 23.9. The van der Waals surface area contributed by atoms with E-state index < -0.39 is 29.4 Å². The molecule has 0 spiro atoms. The van der Waals surface area contributed by atoms with E-state index in [0.717, 1.165) is 0 Å². The second kappa shape index (κ2) is 13.8. The van der Waals surface area contributed by atoms with E-state index in [9.17, 15) is 19.2 Å². The number of benzene rings is 3. The molecule has 1 atom stereocenters. The Morgan fingerprint density at radius 3 is 2.24 bits per heavy atom. The quantitative estimate of drug-likeness (QED) is 0.158. The fraction of sp³-hybridized carbons (Fsp3) is 0.289. The van der Waals surface area contributed by atoms with Crippen LogP contribution in [-0.4, -0.2) is 58.9 Å². The van der Waals surface area contributed by atoms with Crippen molar-refractivity contribution in [3.05, 3.63) is 95.3 Å². The topological polar surface area (TPSA) is 114 Å². The summed E-state index contributed by atoms with van der Waals surface area (Å²) in [5.41, 5.74) is 2.25. The number of rotatable bonds is 8. The van der Waals surface area contributed by atoms with Gasteiger partial charge in [0.05, 0.1) is 35.4 Å². The van der Waals surface area contributed by atoms with Crippen LogP contribution >= 0.6 is 11.3 Å². The van der Waals surface area contributed by atoms with Gasteiger partial charge in [0.1, 0.15) is 23.8 Å². The number of carbonyl (C=O) groups is 4. The summed E-state index contributed by atoms with van der Waals surface area (Å²) in [6, 6.07) is 22.9. The lowest BCUT2D eigenvalue weighted by atomic mass is 9.98. The van der Waals surface area contributed by atoms with E-state index in [-0.39, 0.29) is 24.9 Å². The number of hydrogen-bond acceptors (Lipinski definition) is 8. The van der Waals surface area contributed by atoms with E-state index in [2.05, 4.69) is 5.10 Å². The highest BCUT2D eigenvalue weighted by atomic mass is 32.1. The average molecular weight is 694 g/mol. The summed E-state index contributed by atoms with van der Waals surface area (Å²) in [6.45, 7) is 8.77. The lowest BCUT2D eigenvalue weighted by Crippen LogP contribution is -2.48. The molecule has 0 N–H and O–H groups in total. The molecule has 3 aromatic carbocycles. The first kappa shape index (κ1) is 34.4. The van der Waals surface area contributed by atoms with Gasteiger partial charge in [-0.15, -0.1) is 0 Å². The van der Waals surface area contributed by atoms with Crippen molar-refractivity contribution in [1.82, 2.24) is 9.78 Å². The van der Waals surface area contributed by atoms with Gasteiger partial charge in [0.25, 0.3) is 0 Å². The Balaban J connectivity index is 1.44. The monoisotopic (exact) mass is 693 g/mol. The van der Waals surface area contributed by atoms with Crippen molar-refractivity contribution in [2.75, 3.05) is 28.4 Å². The smallest absolute Gasteiger partial charge is 0.435 e. The lowest BCUT2D eigenvalue weighted by Gasteiger charge is -2.31. The Bertz CT molecular complexity index is 2050. The molecule has 1 aliphatic heterocycles. The number of hydrogen-bond donors (Lipinski definition) is 0. The normalized spacial score (nSPS) is 14.9. The number of fused-ring (bicyclic) bond motifs is 2. The highest BCUT2D eigenvalue weighted by molar-refractivity contribution is 7.08. The van der Waals surface area contributed by atoms with Crippen molar-refractivity contribution < 1.29 is 28.7 Å². The van der Waals surface area contributed by atoms with Crippen LogP contribution in [0.2, 0.25) is 0 Å². The van der Waals surface area contributed by atoms with E-state index >= 15 is 0 Å². The molecule has 12 heteroatoms. The molecule has 0 bridgehead atoms. The molecule has 0 aliphatic carbocycles. The Morgan fingerprint density at radius 2 is 1.60 bits per heavy atom. The Kier molecular flexibility index (Phi) is 9.48. The number of anilines is 4. The van der Waals surface area contributed by atoms with Gasteiger partial charge in [0.2, 0.25) is 17.7 Å². The molecular formula is C38H39N5O6S. The van der Waals surface area contributed by atoms with Crippen LogP contribution in [0.3, 0.4) is 0 Å². The second-order valence-corrected chi connectivity index (χ2v) is 14.0. The minimum absolute atomic E-state index is 0.125. The van der Waals surface area contributed by atoms with Crippen LogP contribution in [0.5, 0.6) is 5.75 Å². The number of para-hydroxylation sites is 3. The zero-order chi connectivity index (χ0) is 35.7. The summed E-state index contributed by atoms with van der Waals surface area (Å²) < 4.78 is 12.1. The van der Waals surface area contributed by atoms with E-state index in [1.807, 2.05) is 36.7 Å². The number of ether oxygens (including phenoxy) is 2. The summed E-state index contributed by atoms with van der Waals surface area (Å²) in [4.78, 5) is 61.6. The summed E-state index contributed by atoms with van der Waals surface area (Å²) in [7, 11) is 1.57. The van der Waals surface area contributed by atoms with E-state index in [1.165, 1.54) is 25.8 Å². The first-order valence-corrected chi connectivity index (χ1v) is 17.2. The number of nitrogens with zero attached hydrogens (tertiary/aromatic N) is 5. The van der Waals surface area contributed by atoms with Crippen LogP contribution in [0.15, 0.2) is 89.6 Å². The Labute approximate surface area is 294 Å². The second-order valence-electron chi connectivity index (χ2n) is 13.2. The lowest BCUT2D eigenvalue weighted by molar-refractivity contribution is -0.132. The molecule has 2 aromatic heterocycles. The van der Waals surface area contributed by atoms with Gasteiger partial charge in [-0.3, -0.25) is 19.3 Å². The maximum atomic E-state index is 14.8. The molecule has 6 rings (SSSR count). The van der Waals surface area contributed by atoms with E-state index in [0.29, 0.717) is 45.1 Å². The first-order valence-electron chi connectivity index (χ1n) is 16.3. The van der Waals surface area contributed by atoms with Crippen molar-refractivity contribution in [1.29, 1.82) is 0 Å². The third-order valence-corrected chi connectivity index (χ3v) is 8.99. The van der Waals surface area contributed by atoms with Gasteiger partial charge in [0, 0.05) is 28.9 Å². The third-order valence-electron chi connectivity index (χ3n) is 8.32. The molecule has 1 unspecified atom stereocenters. The van der Waals surface area contributed by atoms with Crippen molar-refractivity contribution >= 4 is 68.8 Å². The number of amides is 3. The van der Waals surface area contributed by atoms with Crippen molar-refractivity contribution in [2.45, 2.75) is 52.7 Å². The van der Waals surface area contributed by atoms with Gasteiger partial charge in [0.15, 0.2) is 0 Å². The predicted octanol–water partition coefficient (Wildman–Crippen LogP) is 7.20. The molecule has 258 valence electrons. The zero-order valence-corrected chi connectivity index (χ0v) is 29.6. The molecule has 0 fully saturated rings. The van der Waals surface area contributed by atoms with Gasteiger partial charge in [-0.2, -0.15) is 21.1 Å². The molecule has 0 radical (unpaired) electrons. The fourth-order valence-electron chi connectivity index (χ4n) is 6.16. The molecular weight excluding hydrogens is 655 g/mol. The molecule has 1 aliphatic rings. The molecule has 0 saturated carbocycles. The van der Waals surface area contributed by atoms with Crippen LogP contribution in [-0.2, 0) is 25.5 Å². The van der Waals surface area contributed by atoms with Crippen molar-refractivity contribution in [3.63, 3.8) is 0 Å². The summed E-state index contributed by atoms with van der Waals surface area (Å²) >= 11 is 1.43. The minimum atomic E-state index is -1.28. The maximum absolute atomic E-state index is 14.8. The highest BCUT2D eigenvalue weighted by Crippen LogP contribution is 2.41. The van der Waals surface area contributed by atoms with Gasteiger partial charge in [-0.05, 0) is 88.5 Å². The fourth-order valence-corrected chi connectivity index (χ4v) is 6.78. The largest absolute Gasteiger partial charge is 0.497 e. The van der Waals surface area contributed by atoms with Gasteiger partial charge in [-0.25, -0.2) is 4.79 Å². The van der Waals surface area contributed by atoms with Crippen LogP contribution in [0.1, 0.15) is 40.3 Å². The Hall–Kier alpha value is -5.49. The SMILES string of the molecule is COc1ccc(N(C(=O)CN2C(=O)C(Cc3nn(C(=O)OC(C)(C)C)c4ccccc34)C(=O)N(c3ccsc3)c3ccccc32)C(C)C)cc1. The average Bonchev–Trinajstić information content (AvgIpc) is 3.73. The van der Waals surface area contributed by atoms with Crippen LogP contribution in [0.25, 0.3) is 10.9 Å².